The predicted octanol–water partition coefficient (Wildman–Crippen LogP) is 3.96. The molecule has 0 aliphatic carbocycles. The van der Waals surface area contributed by atoms with Crippen molar-refractivity contribution in [3.8, 4) is 5.75 Å². The Hall–Kier alpha value is -2.42. The van der Waals surface area contributed by atoms with Crippen molar-refractivity contribution in [2.75, 3.05) is 25.2 Å². The van der Waals surface area contributed by atoms with E-state index in [9.17, 15) is 0 Å². The summed E-state index contributed by atoms with van der Waals surface area (Å²) < 4.78 is 5.20. The average molecular weight is 270 g/mol. The number of methoxy groups -OCH3 is 1. The minimum Gasteiger partial charge on any atom is -0.494 e. The lowest BCUT2D eigenvalue weighted by molar-refractivity contribution is 0.413. The number of anilines is 2. The van der Waals surface area contributed by atoms with Crippen LogP contribution in [0.3, 0.4) is 0 Å². The third-order valence-corrected chi connectivity index (χ3v) is 2.86. The third kappa shape index (κ3) is 4.35. The molecule has 0 saturated carbocycles. The topological polar surface area (TPSA) is 47.3 Å². The zero-order valence-electron chi connectivity index (χ0n) is 12.3. The van der Waals surface area contributed by atoms with Crippen molar-refractivity contribution in [1.82, 2.24) is 0 Å². The van der Waals surface area contributed by atoms with Crippen molar-refractivity contribution < 1.29 is 4.74 Å². The maximum Gasteiger partial charge on any atom is 0.144 e. The second-order valence-corrected chi connectivity index (χ2v) is 4.28. The van der Waals surface area contributed by atoms with E-state index in [1.165, 1.54) is 0 Å². The summed E-state index contributed by atoms with van der Waals surface area (Å²) in [6.45, 7) is 5.65. The average Bonchev–Trinajstić information content (AvgIpc) is 2.48. The molecule has 20 heavy (non-hydrogen) atoms. The van der Waals surface area contributed by atoms with Crippen LogP contribution in [0.15, 0.2) is 49.0 Å². The third-order valence-electron chi connectivity index (χ3n) is 2.86. The number of hydrogen-bond donors (Lipinski definition) is 2. The van der Waals surface area contributed by atoms with Crippen LogP contribution >= 0.6 is 0 Å². The van der Waals surface area contributed by atoms with Gasteiger partial charge < -0.3 is 15.8 Å². The van der Waals surface area contributed by atoms with Crippen LogP contribution in [0.1, 0.15) is 11.1 Å². The van der Waals surface area contributed by atoms with E-state index in [4.69, 9.17) is 10.5 Å². The van der Waals surface area contributed by atoms with Crippen LogP contribution in [-0.2, 0) is 0 Å². The minimum absolute atomic E-state index is 0.792. The van der Waals surface area contributed by atoms with E-state index >= 15 is 0 Å². The van der Waals surface area contributed by atoms with Crippen molar-refractivity contribution in [2.45, 2.75) is 6.92 Å². The fraction of sp³-hybridized carbons (Fsp3) is 0.176. The van der Waals surface area contributed by atoms with E-state index in [0.717, 1.165) is 28.3 Å². The predicted molar refractivity (Wildman–Crippen MR) is 88.2 cm³/mol. The molecule has 0 fully saturated rings. The van der Waals surface area contributed by atoms with Gasteiger partial charge in [-0.15, -0.1) is 0 Å². The highest BCUT2D eigenvalue weighted by Crippen LogP contribution is 2.26. The summed E-state index contributed by atoms with van der Waals surface area (Å²) in [5.41, 5.74) is 9.53. The molecule has 0 aliphatic heterocycles. The van der Waals surface area contributed by atoms with E-state index in [-0.39, 0.29) is 0 Å². The van der Waals surface area contributed by atoms with E-state index in [0.29, 0.717) is 0 Å². The summed E-state index contributed by atoms with van der Waals surface area (Å²) in [4.78, 5) is 0. The van der Waals surface area contributed by atoms with E-state index in [2.05, 4.69) is 11.9 Å². The summed E-state index contributed by atoms with van der Waals surface area (Å²) in [5.74, 6) is 0.926. The molecule has 0 atom stereocenters. The zero-order chi connectivity index (χ0) is 15.0. The molecule has 106 valence electrons. The molecule has 0 amide bonds. The van der Waals surface area contributed by atoms with Gasteiger partial charge in [-0.2, -0.15) is 0 Å². The Morgan fingerprint density at radius 2 is 1.80 bits per heavy atom. The van der Waals surface area contributed by atoms with E-state index in [1.54, 1.807) is 13.2 Å². The molecule has 0 spiro atoms. The van der Waals surface area contributed by atoms with E-state index < -0.39 is 0 Å². The standard InChI is InChI=1S/C9H13NO.C8H9N/c1-7-5-4-6-8(10-2)9(7)11-3;1-2-7-3-5-8(9)6-4-7/h4-6,10H,1-3H3;2-6H,1,9H2. The van der Waals surface area contributed by atoms with E-state index in [1.807, 2.05) is 56.4 Å². The number of rotatable bonds is 3. The first-order valence-electron chi connectivity index (χ1n) is 6.41. The molecule has 3 nitrogen and oxygen atoms in total. The van der Waals surface area contributed by atoms with Gasteiger partial charge in [0.05, 0.1) is 12.8 Å². The van der Waals surface area contributed by atoms with Gasteiger partial charge in [0, 0.05) is 12.7 Å². The maximum atomic E-state index is 5.45. The first kappa shape index (κ1) is 15.6. The van der Waals surface area contributed by atoms with Gasteiger partial charge in [0.15, 0.2) is 0 Å². The molecule has 0 aromatic heterocycles. The van der Waals surface area contributed by atoms with Crippen LogP contribution in [-0.4, -0.2) is 14.2 Å². The highest BCUT2D eigenvalue weighted by atomic mass is 16.5. The molecule has 3 N–H and O–H groups in total. The fourth-order valence-corrected chi connectivity index (χ4v) is 1.75. The normalized spacial score (nSPS) is 9.15. The van der Waals surface area contributed by atoms with Crippen LogP contribution in [0.25, 0.3) is 6.08 Å². The molecule has 2 rings (SSSR count). The molecule has 0 radical (unpaired) electrons. The smallest absolute Gasteiger partial charge is 0.144 e. The Balaban J connectivity index is 0.000000204. The monoisotopic (exact) mass is 270 g/mol. The number of nitrogens with one attached hydrogen (secondary N) is 1. The lowest BCUT2D eigenvalue weighted by Gasteiger charge is -2.09. The molecular weight excluding hydrogens is 248 g/mol. The summed E-state index contributed by atoms with van der Waals surface area (Å²) in [7, 11) is 3.57. The molecule has 0 bridgehead atoms. The summed E-state index contributed by atoms with van der Waals surface area (Å²) in [6.07, 6.45) is 1.79. The molecule has 0 unspecified atom stereocenters. The summed E-state index contributed by atoms with van der Waals surface area (Å²) in [6, 6.07) is 13.6. The van der Waals surface area contributed by atoms with Crippen molar-refractivity contribution in [3.63, 3.8) is 0 Å². The van der Waals surface area contributed by atoms with Crippen LogP contribution < -0.4 is 15.8 Å². The Bertz CT molecular complexity index is 547. The van der Waals surface area contributed by atoms with Gasteiger partial charge >= 0.3 is 0 Å². The zero-order valence-corrected chi connectivity index (χ0v) is 12.3. The van der Waals surface area contributed by atoms with Crippen molar-refractivity contribution >= 4 is 17.5 Å². The SMILES string of the molecule is C=Cc1ccc(N)cc1.CNc1cccc(C)c1OC. The van der Waals surface area contributed by atoms with Gasteiger partial charge in [0.25, 0.3) is 0 Å². The Kier molecular flexibility index (Phi) is 6.17. The number of para-hydroxylation sites is 1. The summed E-state index contributed by atoms with van der Waals surface area (Å²) >= 11 is 0. The molecular formula is C17H22N2O. The number of nitrogen functional groups attached to an aromatic ring is 1. The van der Waals surface area contributed by atoms with Crippen LogP contribution in [0.4, 0.5) is 11.4 Å². The first-order chi connectivity index (χ1) is 9.62. The van der Waals surface area contributed by atoms with Crippen molar-refractivity contribution in [3.05, 3.63) is 60.2 Å². The number of aryl methyl sites for hydroxylation is 1. The highest BCUT2D eigenvalue weighted by Gasteiger charge is 2.01. The van der Waals surface area contributed by atoms with Gasteiger partial charge in [-0.05, 0) is 36.2 Å². The Labute approximate surface area is 121 Å². The van der Waals surface area contributed by atoms with Crippen LogP contribution in [0.5, 0.6) is 5.75 Å². The van der Waals surface area contributed by atoms with Gasteiger partial charge in [0.2, 0.25) is 0 Å². The quantitative estimate of drug-likeness (QED) is 0.830. The molecule has 2 aromatic carbocycles. The lowest BCUT2D eigenvalue weighted by atomic mass is 10.2. The summed E-state index contributed by atoms with van der Waals surface area (Å²) in [5, 5.41) is 3.06. The van der Waals surface area contributed by atoms with Gasteiger partial charge in [-0.25, -0.2) is 0 Å². The number of nitrogens with two attached hydrogens (primary N) is 1. The van der Waals surface area contributed by atoms with Gasteiger partial charge in [-0.1, -0.05) is 36.9 Å². The number of benzene rings is 2. The largest absolute Gasteiger partial charge is 0.494 e. The highest BCUT2D eigenvalue weighted by molar-refractivity contribution is 5.59. The molecule has 0 aliphatic rings. The van der Waals surface area contributed by atoms with Crippen molar-refractivity contribution in [2.24, 2.45) is 0 Å². The van der Waals surface area contributed by atoms with Gasteiger partial charge in [0.1, 0.15) is 5.75 Å². The maximum absolute atomic E-state index is 5.45. The molecule has 0 saturated heterocycles. The Morgan fingerprint density at radius 3 is 2.25 bits per heavy atom. The molecule has 0 heterocycles. The fourth-order valence-electron chi connectivity index (χ4n) is 1.75. The second-order valence-electron chi connectivity index (χ2n) is 4.28. The Morgan fingerprint density at radius 1 is 1.15 bits per heavy atom. The van der Waals surface area contributed by atoms with Crippen molar-refractivity contribution in [1.29, 1.82) is 0 Å². The molecule has 3 heteroatoms. The number of hydrogen-bond acceptors (Lipinski definition) is 3. The second kappa shape index (κ2) is 7.89. The first-order valence-corrected chi connectivity index (χ1v) is 6.41. The van der Waals surface area contributed by atoms with Gasteiger partial charge in [-0.3, -0.25) is 0 Å². The van der Waals surface area contributed by atoms with Crippen LogP contribution in [0.2, 0.25) is 0 Å². The molecule has 2 aromatic rings. The van der Waals surface area contributed by atoms with Crippen LogP contribution in [0, 0.1) is 6.92 Å². The number of ether oxygens (including phenoxy) is 1. The minimum atomic E-state index is 0.792. The lowest BCUT2D eigenvalue weighted by Crippen LogP contribution is -1.94.